The van der Waals surface area contributed by atoms with E-state index in [0.29, 0.717) is 10.6 Å². The summed E-state index contributed by atoms with van der Waals surface area (Å²) in [6.45, 7) is 5.82. The van der Waals surface area contributed by atoms with Gasteiger partial charge in [0.15, 0.2) is 0 Å². The predicted octanol–water partition coefficient (Wildman–Crippen LogP) is 3.87. The van der Waals surface area contributed by atoms with Crippen molar-refractivity contribution >= 4 is 11.6 Å². The molecule has 1 heterocycles. The summed E-state index contributed by atoms with van der Waals surface area (Å²) in [5, 5.41) is 8.07. The molecule has 2 aromatic rings. The molecule has 2 rings (SSSR count). The summed E-state index contributed by atoms with van der Waals surface area (Å²) in [6, 6.07) is 5.23. The summed E-state index contributed by atoms with van der Waals surface area (Å²) in [6.07, 6.45) is 1.63. The number of rotatable bonds is 4. The Kier molecular flexibility index (Phi) is 4.45. The van der Waals surface area contributed by atoms with Gasteiger partial charge in [-0.3, -0.25) is 4.68 Å². The van der Waals surface area contributed by atoms with Crippen LogP contribution in [0.4, 0.5) is 4.39 Å². The Balaban J connectivity index is 2.52. The first-order valence-electron chi connectivity index (χ1n) is 6.62. The minimum Gasteiger partial charge on any atom is -0.308 e. The number of nitrogens with one attached hydrogen (secondary N) is 1. The molecule has 1 unspecified atom stereocenters. The van der Waals surface area contributed by atoms with Crippen molar-refractivity contribution in [2.75, 3.05) is 7.05 Å². The number of hydrogen-bond acceptors (Lipinski definition) is 2. The number of aromatic nitrogens is 2. The molecule has 0 radical (unpaired) electrons. The maximum atomic E-state index is 13.8. The molecule has 0 bridgehead atoms. The molecule has 1 aromatic carbocycles. The van der Waals surface area contributed by atoms with Gasteiger partial charge in [0.25, 0.3) is 0 Å². The van der Waals surface area contributed by atoms with Crippen LogP contribution in [0.15, 0.2) is 24.4 Å². The zero-order valence-electron chi connectivity index (χ0n) is 12.1. The molecule has 0 aliphatic heterocycles. The molecule has 0 saturated heterocycles. The standard InChI is InChI=1S/C15H19ClFN3/c1-9(2)20-15(12(16)8-19-20)14(18-4)11-6-5-10(3)13(17)7-11/h5-9,14,18H,1-4H3. The molecule has 20 heavy (non-hydrogen) atoms. The van der Waals surface area contributed by atoms with Gasteiger partial charge in [-0.05, 0) is 45.0 Å². The van der Waals surface area contributed by atoms with E-state index in [0.717, 1.165) is 11.3 Å². The van der Waals surface area contributed by atoms with Crippen LogP contribution in [-0.2, 0) is 0 Å². The second-order valence-corrected chi connectivity index (χ2v) is 5.55. The molecular formula is C15H19ClFN3. The fraction of sp³-hybridized carbons (Fsp3) is 0.400. The summed E-state index contributed by atoms with van der Waals surface area (Å²) < 4.78 is 15.7. The van der Waals surface area contributed by atoms with E-state index in [1.807, 2.05) is 31.6 Å². The van der Waals surface area contributed by atoms with E-state index in [1.54, 1.807) is 25.3 Å². The van der Waals surface area contributed by atoms with E-state index in [4.69, 9.17) is 11.6 Å². The van der Waals surface area contributed by atoms with E-state index in [-0.39, 0.29) is 17.9 Å². The third-order valence-electron chi connectivity index (χ3n) is 3.37. The minimum atomic E-state index is -0.213. The van der Waals surface area contributed by atoms with Crippen molar-refractivity contribution in [3.8, 4) is 0 Å². The topological polar surface area (TPSA) is 29.9 Å². The zero-order chi connectivity index (χ0) is 14.9. The smallest absolute Gasteiger partial charge is 0.126 e. The maximum Gasteiger partial charge on any atom is 0.126 e. The molecule has 3 nitrogen and oxygen atoms in total. The third-order valence-corrected chi connectivity index (χ3v) is 3.66. The number of benzene rings is 1. The number of hydrogen-bond donors (Lipinski definition) is 1. The SMILES string of the molecule is CNC(c1ccc(C)c(F)c1)c1c(Cl)cnn1C(C)C. The minimum absolute atomic E-state index is 0.184. The van der Waals surface area contributed by atoms with Crippen LogP contribution < -0.4 is 5.32 Å². The van der Waals surface area contributed by atoms with Gasteiger partial charge in [-0.1, -0.05) is 23.7 Å². The van der Waals surface area contributed by atoms with Crippen LogP contribution in [0.3, 0.4) is 0 Å². The lowest BCUT2D eigenvalue weighted by Crippen LogP contribution is -2.23. The average Bonchev–Trinajstić information content (AvgIpc) is 2.77. The maximum absolute atomic E-state index is 13.8. The summed E-state index contributed by atoms with van der Waals surface area (Å²) in [4.78, 5) is 0. The van der Waals surface area contributed by atoms with E-state index in [9.17, 15) is 4.39 Å². The Morgan fingerprint density at radius 3 is 2.60 bits per heavy atom. The van der Waals surface area contributed by atoms with Gasteiger partial charge in [0.05, 0.1) is 23.0 Å². The van der Waals surface area contributed by atoms with Crippen LogP contribution in [0.1, 0.15) is 42.8 Å². The number of halogens is 2. The number of nitrogens with zero attached hydrogens (tertiary/aromatic N) is 2. The van der Waals surface area contributed by atoms with Crippen molar-refractivity contribution in [1.29, 1.82) is 0 Å². The molecule has 108 valence electrons. The van der Waals surface area contributed by atoms with Crippen LogP contribution in [0.5, 0.6) is 0 Å². The van der Waals surface area contributed by atoms with E-state index in [1.165, 1.54) is 0 Å². The second kappa shape index (κ2) is 5.94. The van der Waals surface area contributed by atoms with E-state index < -0.39 is 0 Å². The summed E-state index contributed by atoms with van der Waals surface area (Å²) in [7, 11) is 1.83. The first kappa shape index (κ1) is 15.0. The van der Waals surface area contributed by atoms with Crippen LogP contribution in [0.25, 0.3) is 0 Å². The van der Waals surface area contributed by atoms with Crippen LogP contribution in [0.2, 0.25) is 5.02 Å². The first-order chi connectivity index (χ1) is 9.45. The molecule has 0 fully saturated rings. The molecule has 0 aliphatic rings. The molecule has 0 amide bonds. The van der Waals surface area contributed by atoms with Crippen molar-refractivity contribution in [3.05, 3.63) is 52.1 Å². The largest absolute Gasteiger partial charge is 0.308 e. The van der Waals surface area contributed by atoms with E-state index in [2.05, 4.69) is 10.4 Å². The summed E-state index contributed by atoms with van der Waals surface area (Å²) >= 11 is 6.27. The lowest BCUT2D eigenvalue weighted by Gasteiger charge is -2.21. The van der Waals surface area contributed by atoms with Crippen LogP contribution >= 0.6 is 11.6 Å². The lowest BCUT2D eigenvalue weighted by molar-refractivity contribution is 0.483. The highest BCUT2D eigenvalue weighted by molar-refractivity contribution is 6.31. The second-order valence-electron chi connectivity index (χ2n) is 5.15. The molecular weight excluding hydrogens is 277 g/mol. The molecule has 1 atom stereocenters. The Morgan fingerprint density at radius 1 is 1.35 bits per heavy atom. The van der Waals surface area contributed by atoms with Crippen molar-refractivity contribution in [1.82, 2.24) is 15.1 Å². The first-order valence-corrected chi connectivity index (χ1v) is 6.99. The number of aryl methyl sites for hydroxylation is 1. The average molecular weight is 296 g/mol. The molecule has 1 aromatic heterocycles. The van der Waals surface area contributed by atoms with Crippen LogP contribution in [0, 0.1) is 12.7 Å². The fourth-order valence-corrected chi connectivity index (χ4v) is 2.52. The fourth-order valence-electron chi connectivity index (χ4n) is 2.28. The Morgan fingerprint density at radius 2 is 2.05 bits per heavy atom. The summed E-state index contributed by atoms with van der Waals surface area (Å²) in [5.74, 6) is -0.213. The summed E-state index contributed by atoms with van der Waals surface area (Å²) in [5.41, 5.74) is 2.32. The Labute approximate surface area is 123 Å². The normalized spacial score (nSPS) is 12.9. The molecule has 5 heteroatoms. The molecule has 0 aliphatic carbocycles. The van der Waals surface area contributed by atoms with Gasteiger partial charge in [-0.15, -0.1) is 0 Å². The quantitative estimate of drug-likeness (QED) is 0.928. The Bertz CT molecular complexity index is 607. The van der Waals surface area contributed by atoms with Gasteiger partial charge in [0, 0.05) is 6.04 Å². The van der Waals surface area contributed by atoms with Gasteiger partial charge >= 0.3 is 0 Å². The van der Waals surface area contributed by atoms with Gasteiger partial charge in [-0.25, -0.2) is 4.39 Å². The highest BCUT2D eigenvalue weighted by Crippen LogP contribution is 2.30. The van der Waals surface area contributed by atoms with Gasteiger partial charge in [-0.2, -0.15) is 5.10 Å². The van der Waals surface area contributed by atoms with Gasteiger partial charge < -0.3 is 5.32 Å². The van der Waals surface area contributed by atoms with Crippen molar-refractivity contribution < 1.29 is 4.39 Å². The Hall–Kier alpha value is -1.39. The van der Waals surface area contributed by atoms with Gasteiger partial charge in [0.1, 0.15) is 5.82 Å². The van der Waals surface area contributed by atoms with Gasteiger partial charge in [0.2, 0.25) is 0 Å². The van der Waals surface area contributed by atoms with Crippen LogP contribution in [-0.4, -0.2) is 16.8 Å². The van der Waals surface area contributed by atoms with E-state index >= 15 is 0 Å². The molecule has 0 saturated carbocycles. The van der Waals surface area contributed by atoms with Crippen molar-refractivity contribution in [2.45, 2.75) is 32.9 Å². The predicted molar refractivity (Wildman–Crippen MR) is 79.7 cm³/mol. The molecule has 1 N–H and O–H groups in total. The van der Waals surface area contributed by atoms with Crippen molar-refractivity contribution in [3.63, 3.8) is 0 Å². The monoisotopic (exact) mass is 295 g/mol. The highest BCUT2D eigenvalue weighted by Gasteiger charge is 2.22. The highest BCUT2D eigenvalue weighted by atomic mass is 35.5. The van der Waals surface area contributed by atoms with Crippen molar-refractivity contribution in [2.24, 2.45) is 0 Å². The lowest BCUT2D eigenvalue weighted by atomic mass is 10.0. The molecule has 0 spiro atoms. The third kappa shape index (κ3) is 2.72. The zero-order valence-corrected chi connectivity index (χ0v) is 12.9.